The predicted molar refractivity (Wildman–Crippen MR) is 116 cm³/mol. The lowest BCUT2D eigenvalue weighted by Gasteiger charge is -2.32. The minimum Gasteiger partial charge on any atom is -0.478 e. The smallest absolute Gasteiger partial charge is 0.335 e. The van der Waals surface area contributed by atoms with Crippen LogP contribution in [-0.2, 0) is 6.54 Å². The molecular formula is C22H23FN6O2. The minimum atomic E-state index is -1.00. The molecule has 0 spiro atoms. The first-order valence-electron chi connectivity index (χ1n) is 10.3. The van der Waals surface area contributed by atoms with Crippen LogP contribution in [0.1, 0.15) is 10.4 Å². The van der Waals surface area contributed by atoms with Crippen LogP contribution in [0.15, 0.2) is 36.4 Å². The average molecular weight is 422 g/mol. The molecule has 31 heavy (non-hydrogen) atoms. The first kappa shape index (κ1) is 19.7. The number of hydrogen-bond acceptors (Lipinski definition) is 5. The number of aromatic nitrogens is 4. The fourth-order valence-electron chi connectivity index (χ4n) is 4.13. The number of aromatic amines is 1. The van der Waals surface area contributed by atoms with Crippen molar-refractivity contribution in [2.75, 3.05) is 39.8 Å². The zero-order valence-electron chi connectivity index (χ0n) is 17.2. The molecule has 0 unspecified atom stereocenters. The number of nitrogens with one attached hydrogen (secondary N) is 1. The van der Waals surface area contributed by atoms with Crippen LogP contribution in [0, 0.1) is 5.82 Å². The standard InChI is InChI=1S/C22H23FN6O2/c1-27-6-8-28(9-7-27)10-11-29-19-13-15(23)3-5-18(19)24-21(29)20-16-12-14(22(30)31)2-4-17(16)25-26-20/h2-5,12-13H,6-11H2,1H3,(H,25,26)(H,30,31). The Balaban J connectivity index is 1.58. The summed E-state index contributed by atoms with van der Waals surface area (Å²) in [7, 11) is 2.12. The molecule has 8 nitrogen and oxygen atoms in total. The van der Waals surface area contributed by atoms with E-state index >= 15 is 0 Å². The van der Waals surface area contributed by atoms with Crippen molar-refractivity contribution in [3.05, 3.63) is 47.8 Å². The molecule has 2 N–H and O–H groups in total. The molecule has 1 fully saturated rings. The third-order valence-corrected chi connectivity index (χ3v) is 5.97. The fourth-order valence-corrected chi connectivity index (χ4v) is 4.13. The van der Waals surface area contributed by atoms with Crippen LogP contribution in [0.25, 0.3) is 33.5 Å². The van der Waals surface area contributed by atoms with Gasteiger partial charge in [0, 0.05) is 44.7 Å². The van der Waals surface area contributed by atoms with Crippen LogP contribution < -0.4 is 0 Å². The summed E-state index contributed by atoms with van der Waals surface area (Å²) in [5.74, 6) is -0.719. The van der Waals surface area contributed by atoms with Gasteiger partial charge in [-0.1, -0.05) is 0 Å². The largest absolute Gasteiger partial charge is 0.478 e. The van der Waals surface area contributed by atoms with Gasteiger partial charge in [0.05, 0.1) is 22.1 Å². The maximum Gasteiger partial charge on any atom is 0.335 e. The number of hydrogen-bond donors (Lipinski definition) is 2. The SMILES string of the molecule is CN1CCN(CCn2c(-c3n[nH]c4ccc(C(=O)O)cc34)nc3ccc(F)cc32)CC1. The van der Waals surface area contributed by atoms with Gasteiger partial charge < -0.3 is 14.6 Å². The van der Waals surface area contributed by atoms with Crippen LogP contribution in [-0.4, -0.2) is 80.4 Å². The Morgan fingerprint density at radius 2 is 1.94 bits per heavy atom. The van der Waals surface area contributed by atoms with E-state index < -0.39 is 5.97 Å². The van der Waals surface area contributed by atoms with Crippen molar-refractivity contribution in [3.8, 4) is 11.5 Å². The van der Waals surface area contributed by atoms with Gasteiger partial charge in [-0.3, -0.25) is 10.00 Å². The molecule has 2 aromatic carbocycles. The summed E-state index contributed by atoms with van der Waals surface area (Å²) in [4.78, 5) is 20.9. The van der Waals surface area contributed by atoms with E-state index in [0.29, 0.717) is 34.5 Å². The highest BCUT2D eigenvalue weighted by molar-refractivity contribution is 5.99. The quantitative estimate of drug-likeness (QED) is 0.514. The van der Waals surface area contributed by atoms with Crippen molar-refractivity contribution < 1.29 is 14.3 Å². The van der Waals surface area contributed by atoms with Crippen molar-refractivity contribution >= 4 is 27.9 Å². The van der Waals surface area contributed by atoms with E-state index in [9.17, 15) is 14.3 Å². The summed E-state index contributed by atoms with van der Waals surface area (Å²) in [5, 5.41) is 17.5. The molecule has 1 aliphatic rings. The molecule has 3 heterocycles. The maximum absolute atomic E-state index is 14.1. The lowest BCUT2D eigenvalue weighted by Crippen LogP contribution is -2.45. The normalized spacial score (nSPS) is 15.8. The second-order valence-corrected chi connectivity index (χ2v) is 8.00. The van der Waals surface area contributed by atoms with Gasteiger partial charge in [-0.25, -0.2) is 14.2 Å². The van der Waals surface area contributed by atoms with E-state index in [1.54, 1.807) is 24.3 Å². The van der Waals surface area contributed by atoms with Gasteiger partial charge in [0.15, 0.2) is 5.82 Å². The van der Waals surface area contributed by atoms with Gasteiger partial charge in [0.2, 0.25) is 0 Å². The first-order valence-corrected chi connectivity index (χ1v) is 10.3. The topological polar surface area (TPSA) is 90.3 Å². The van der Waals surface area contributed by atoms with Crippen LogP contribution in [0.5, 0.6) is 0 Å². The molecule has 0 aliphatic carbocycles. The number of H-pyrrole nitrogens is 1. The molecule has 2 aromatic heterocycles. The highest BCUT2D eigenvalue weighted by atomic mass is 19.1. The summed E-state index contributed by atoms with van der Waals surface area (Å²) in [6.07, 6.45) is 0. The highest BCUT2D eigenvalue weighted by Gasteiger charge is 2.20. The molecule has 9 heteroatoms. The Kier molecular flexibility index (Phi) is 4.91. The Morgan fingerprint density at radius 1 is 1.13 bits per heavy atom. The van der Waals surface area contributed by atoms with E-state index in [4.69, 9.17) is 4.98 Å². The number of benzene rings is 2. The molecule has 1 aliphatic heterocycles. The summed E-state index contributed by atoms with van der Waals surface area (Å²) in [5.41, 5.74) is 2.85. The first-order chi connectivity index (χ1) is 15.0. The Labute approximate surface area is 177 Å². The second kappa shape index (κ2) is 7.75. The molecule has 5 rings (SSSR count). The average Bonchev–Trinajstić information content (AvgIpc) is 3.33. The van der Waals surface area contributed by atoms with Crippen molar-refractivity contribution in [1.29, 1.82) is 0 Å². The predicted octanol–water partition coefficient (Wildman–Crippen LogP) is 2.66. The van der Waals surface area contributed by atoms with Crippen molar-refractivity contribution in [3.63, 3.8) is 0 Å². The molecular weight excluding hydrogens is 399 g/mol. The van der Waals surface area contributed by atoms with Gasteiger partial charge in [0.1, 0.15) is 11.5 Å². The van der Waals surface area contributed by atoms with Gasteiger partial charge in [-0.05, 0) is 43.4 Å². The third-order valence-electron chi connectivity index (χ3n) is 5.97. The number of carbonyl (C=O) groups is 1. The van der Waals surface area contributed by atoms with Gasteiger partial charge in [-0.2, -0.15) is 5.10 Å². The van der Waals surface area contributed by atoms with Gasteiger partial charge >= 0.3 is 5.97 Å². The number of halogens is 1. The third kappa shape index (κ3) is 3.66. The lowest BCUT2D eigenvalue weighted by molar-refractivity contribution is 0.0697. The molecule has 0 radical (unpaired) electrons. The molecule has 0 bridgehead atoms. The number of piperazine rings is 1. The van der Waals surface area contributed by atoms with Crippen molar-refractivity contribution in [2.45, 2.75) is 6.54 Å². The number of imidazole rings is 1. The maximum atomic E-state index is 14.1. The molecule has 0 amide bonds. The van der Waals surface area contributed by atoms with Gasteiger partial charge in [-0.15, -0.1) is 0 Å². The van der Waals surface area contributed by atoms with Crippen molar-refractivity contribution in [1.82, 2.24) is 29.5 Å². The molecule has 160 valence electrons. The van der Waals surface area contributed by atoms with Crippen molar-refractivity contribution in [2.24, 2.45) is 0 Å². The number of nitrogens with zero attached hydrogens (tertiary/aromatic N) is 5. The van der Waals surface area contributed by atoms with Crippen LogP contribution in [0.4, 0.5) is 4.39 Å². The number of aromatic carboxylic acids is 1. The number of likely N-dealkylation sites (N-methyl/N-ethyl adjacent to an activating group) is 1. The van der Waals surface area contributed by atoms with E-state index in [0.717, 1.165) is 38.2 Å². The monoisotopic (exact) mass is 422 g/mol. The van der Waals surface area contributed by atoms with Crippen LogP contribution >= 0.6 is 0 Å². The van der Waals surface area contributed by atoms with Crippen LogP contribution in [0.2, 0.25) is 0 Å². The van der Waals surface area contributed by atoms with Gasteiger partial charge in [0.25, 0.3) is 0 Å². The summed E-state index contributed by atoms with van der Waals surface area (Å²) in [6.45, 7) is 5.46. The Hall–Kier alpha value is -3.30. The number of carboxylic acids is 1. The van der Waals surface area contributed by atoms with E-state index in [1.165, 1.54) is 12.1 Å². The molecule has 0 saturated carbocycles. The Morgan fingerprint density at radius 3 is 2.71 bits per heavy atom. The lowest BCUT2D eigenvalue weighted by atomic mass is 10.1. The van der Waals surface area contributed by atoms with E-state index in [1.807, 2.05) is 4.57 Å². The molecule has 1 saturated heterocycles. The summed E-state index contributed by atoms with van der Waals surface area (Å²) < 4.78 is 16.0. The zero-order chi connectivity index (χ0) is 21.5. The van der Waals surface area contributed by atoms with E-state index in [-0.39, 0.29) is 11.4 Å². The van der Waals surface area contributed by atoms with E-state index in [2.05, 4.69) is 27.0 Å². The minimum absolute atomic E-state index is 0.182. The summed E-state index contributed by atoms with van der Waals surface area (Å²) >= 11 is 0. The molecule has 4 aromatic rings. The number of fused-ring (bicyclic) bond motifs is 2. The Bertz CT molecular complexity index is 1270. The molecule has 0 atom stereocenters. The fraction of sp³-hybridized carbons (Fsp3) is 0.318. The highest BCUT2D eigenvalue weighted by Crippen LogP contribution is 2.30. The number of carboxylic acid groups (broad SMARTS) is 1. The number of rotatable bonds is 5. The second-order valence-electron chi connectivity index (χ2n) is 8.00. The zero-order valence-corrected chi connectivity index (χ0v) is 17.2. The summed E-state index contributed by atoms with van der Waals surface area (Å²) in [6, 6.07) is 9.40. The van der Waals surface area contributed by atoms with Crippen LogP contribution in [0.3, 0.4) is 0 Å².